The Morgan fingerprint density at radius 1 is 1.41 bits per heavy atom. The molecule has 0 heterocycles. The van der Waals surface area contributed by atoms with Crippen molar-refractivity contribution in [2.45, 2.75) is 6.42 Å². The van der Waals surface area contributed by atoms with Gasteiger partial charge < -0.3 is 20.7 Å². The minimum atomic E-state index is -0.354. The van der Waals surface area contributed by atoms with Crippen molar-refractivity contribution in [1.82, 2.24) is 4.90 Å². The lowest BCUT2D eigenvalue weighted by molar-refractivity contribution is 0.405. The SMILES string of the molecule is COc1cc(NCCCN(C)C)c(F)cc1N. The topological polar surface area (TPSA) is 50.5 Å². The third kappa shape index (κ3) is 4.11. The smallest absolute Gasteiger partial charge is 0.148 e. The van der Waals surface area contributed by atoms with Gasteiger partial charge in [-0.1, -0.05) is 0 Å². The van der Waals surface area contributed by atoms with Crippen LogP contribution in [0.15, 0.2) is 12.1 Å². The fourth-order valence-electron chi connectivity index (χ4n) is 1.50. The van der Waals surface area contributed by atoms with E-state index in [2.05, 4.69) is 10.2 Å². The number of hydrogen-bond donors (Lipinski definition) is 2. The molecule has 0 amide bonds. The first-order chi connectivity index (χ1) is 8.04. The molecule has 96 valence electrons. The van der Waals surface area contributed by atoms with Crippen LogP contribution in [0.25, 0.3) is 0 Å². The standard InChI is InChI=1S/C12H20FN3O/c1-16(2)6-4-5-15-11-8-12(17-3)10(14)7-9(11)13/h7-8,15H,4-6,14H2,1-3H3. The maximum absolute atomic E-state index is 13.5. The number of rotatable bonds is 6. The Labute approximate surface area is 102 Å². The van der Waals surface area contributed by atoms with Gasteiger partial charge in [-0.15, -0.1) is 0 Å². The summed E-state index contributed by atoms with van der Waals surface area (Å²) < 4.78 is 18.6. The highest BCUT2D eigenvalue weighted by Crippen LogP contribution is 2.28. The van der Waals surface area contributed by atoms with Crippen LogP contribution in [0.4, 0.5) is 15.8 Å². The lowest BCUT2D eigenvalue weighted by atomic mass is 10.2. The zero-order valence-corrected chi connectivity index (χ0v) is 10.6. The summed E-state index contributed by atoms with van der Waals surface area (Å²) in [7, 11) is 5.53. The molecular weight excluding hydrogens is 221 g/mol. The number of hydrogen-bond acceptors (Lipinski definition) is 4. The molecule has 0 bridgehead atoms. The van der Waals surface area contributed by atoms with Crippen molar-refractivity contribution in [1.29, 1.82) is 0 Å². The van der Waals surface area contributed by atoms with Crippen molar-refractivity contribution >= 4 is 11.4 Å². The molecule has 1 aromatic carbocycles. The predicted octanol–water partition coefficient (Wildman–Crippen LogP) is 1.78. The van der Waals surface area contributed by atoms with Gasteiger partial charge in [-0.25, -0.2) is 4.39 Å². The fraction of sp³-hybridized carbons (Fsp3) is 0.500. The van der Waals surface area contributed by atoms with Crippen LogP contribution in [0.5, 0.6) is 5.75 Å². The highest BCUT2D eigenvalue weighted by atomic mass is 19.1. The van der Waals surface area contributed by atoms with Crippen LogP contribution in [0.3, 0.4) is 0 Å². The maximum Gasteiger partial charge on any atom is 0.148 e. The molecule has 0 atom stereocenters. The number of methoxy groups -OCH3 is 1. The van der Waals surface area contributed by atoms with E-state index in [1.807, 2.05) is 14.1 Å². The number of nitrogens with two attached hydrogens (primary N) is 1. The highest BCUT2D eigenvalue weighted by Gasteiger charge is 2.07. The van der Waals surface area contributed by atoms with Crippen molar-refractivity contribution in [2.24, 2.45) is 0 Å². The molecular formula is C12H20FN3O. The molecule has 5 heteroatoms. The molecule has 0 aliphatic heterocycles. The summed E-state index contributed by atoms with van der Waals surface area (Å²) in [5.74, 6) is 0.134. The van der Waals surface area contributed by atoms with Gasteiger partial charge in [0.05, 0.1) is 18.5 Å². The van der Waals surface area contributed by atoms with Crippen molar-refractivity contribution in [3.8, 4) is 5.75 Å². The summed E-state index contributed by atoms with van der Waals surface area (Å²) in [4.78, 5) is 2.08. The molecule has 0 spiro atoms. The van der Waals surface area contributed by atoms with Crippen LogP contribution in [-0.2, 0) is 0 Å². The molecule has 0 saturated heterocycles. The lowest BCUT2D eigenvalue weighted by Crippen LogP contribution is -2.16. The van der Waals surface area contributed by atoms with Gasteiger partial charge in [0.25, 0.3) is 0 Å². The van der Waals surface area contributed by atoms with Crippen molar-refractivity contribution in [2.75, 3.05) is 45.3 Å². The first-order valence-electron chi connectivity index (χ1n) is 5.56. The van der Waals surface area contributed by atoms with Gasteiger partial charge in [-0.2, -0.15) is 0 Å². The molecule has 1 rings (SSSR count). The van der Waals surface area contributed by atoms with Crippen LogP contribution in [0, 0.1) is 5.82 Å². The predicted molar refractivity (Wildman–Crippen MR) is 69.0 cm³/mol. The van der Waals surface area contributed by atoms with Gasteiger partial charge in [-0.05, 0) is 27.1 Å². The Morgan fingerprint density at radius 3 is 2.71 bits per heavy atom. The first kappa shape index (κ1) is 13.6. The molecule has 0 radical (unpaired) electrons. The number of benzene rings is 1. The molecule has 0 unspecified atom stereocenters. The van der Waals surface area contributed by atoms with E-state index < -0.39 is 0 Å². The Hall–Kier alpha value is -1.49. The van der Waals surface area contributed by atoms with Gasteiger partial charge >= 0.3 is 0 Å². The number of ether oxygens (including phenoxy) is 1. The summed E-state index contributed by atoms with van der Waals surface area (Å²) in [5.41, 5.74) is 6.33. The Bertz CT molecular complexity index is 369. The quantitative estimate of drug-likeness (QED) is 0.589. The molecule has 0 fully saturated rings. The second kappa shape index (κ2) is 6.30. The summed E-state index contributed by atoms with van der Waals surface area (Å²) in [6.07, 6.45) is 0.944. The number of nitrogens with one attached hydrogen (secondary N) is 1. The van der Waals surface area contributed by atoms with E-state index in [1.54, 1.807) is 6.07 Å². The zero-order chi connectivity index (χ0) is 12.8. The molecule has 1 aromatic rings. The van der Waals surface area contributed by atoms with Gasteiger partial charge in [0.2, 0.25) is 0 Å². The molecule has 0 saturated carbocycles. The largest absolute Gasteiger partial charge is 0.495 e. The van der Waals surface area contributed by atoms with Crippen LogP contribution in [0.1, 0.15) is 6.42 Å². The summed E-state index contributed by atoms with van der Waals surface area (Å²) in [6.45, 7) is 1.67. The molecule has 17 heavy (non-hydrogen) atoms. The molecule has 0 aromatic heterocycles. The van der Waals surface area contributed by atoms with E-state index in [0.29, 0.717) is 23.7 Å². The van der Waals surface area contributed by atoms with E-state index in [-0.39, 0.29) is 5.82 Å². The van der Waals surface area contributed by atoms with E-state index in [1.165, 1.54) is 13.2 Å². The van der Waals surface area contributed by atoms with Crippen LogP contribution < -0.4 is 15.8 Å². The summed E-state index contributed by atoms with van der Waals surface area (Å²) >= 11 is 0. The number of halogens is 1. The van der Waals surface area contributed by atoms with Crippen molar-refractivity contribution in [3.05, 3.63) is 17.9 Å². The second-order valence-corrected chi connectivity index (χ2v) is 4.16. The van der Waals surface area contributed by atoms with E-state index in [4.69, 9.17) is 10.5 Å². The zero-order valence-electron chi connectivity index (χ0n) is 10.6. The maximum atomic E-state index is 13.5. The van der Waals surface area contributed by atoms with Crippen molar-refractivity contribution in [3.63, 3.8) is 0 Å². The van der Waals surface area contributed by atoms with Gasteiger partial charge in [-0.3, -0.25) is 0 Å². The Kier molecular flexibility index (Phi) is 5.03. The third-order valence-corrected chi connectivity index (χ3v) is 2.42. The van der Waals surface area contributed by atoms with Gasteiger partial charge in [0, 0.05) is 18.7 Å². The van der Waals surface area contributed by atoms with Crippen LogP contribution in [-0.4, -0.2) is 39.2 Å². The Balaban J connectivity index is 2.58. The van der Waals surface area contributed by atoms with E-state index in [9.17, 15) is 4.39 Å². The Morgan fingerprint density at radius 2 is 2.12 bits per heavy atom. The normalized spacial score (nSPS) is 10.6. The average molecular weight is 241 g/mol. The van der Waals surface area contributed by atoms with E-state index in [0.717, 1.165) is 13.0 Å². The lowest BCUT2D eigenvalue weighted by Gasteiger charge is -2.13. The highest BCUT2D eigenvalue weighted by molar-refractivity contribution is 5.62. The van der Waals surface area contributed by atoms with Crippen LogP contribution >= 0.6 is 0 Å². The average Bonchev–Trinajstić information content (AvgIpc) is 2.26. The molecule has 3 N–H and O–H groups in total. The summed E-state index contributed by atoms with van der Waals surface area (Å²) in [5, 5.41) is 3.03. The molecule has 4 nitrogen and oxygen atoms in total. The summed E-state index contributed by atoms with van der Waals surface area (Å²) in [6, 6.07) is 2.85. The first-order valence-corrected chi connectivity index (χ1v) is 5.56. The minimum absolute atomic E-state index is 0.309. The van der Waals surface area contributed by atoms with Crippen LogP contribution in [0.2, 0.25) is 0 Å². The molecule has 0 aliphatic rings. The second-order valence-electron chi connectivity index (χ2n) is 4.16. The third-order valence-electron chi connectivity index (χ3n) is 2.42. The number of nitrogen functional groups attached to an aromatic ring is 1. The fourth-order valence-corrected chi connectivity index (χ4v) is 1.50. The number of nitrogens with zero attached hydrogens (tertiary/aromatic N) is 1. The monoisotopic (exact) mass is 241 g/mol. The molecule has 0 aliphatic carbocycles. The van der Waals surface area contributed by atoms with Gasteiger partial charge in [0.15, 0.2) is 0 Å². The van der Waals surface area contributed by atoms with Gasteiger partial charge in [0.1, 0.15) is 11.6 Å². The van der Waals surface area contributed by atoms with Crippen molar-refractivity contribution < 1.29 is 9.13 Å². The minimum Gasteiger partial charge on any atom is -0.495 e. The number of anilines is 2. The van der Waals surface area contributed by atoms with E-state index >= 15 is 0 Å².